The van der Waals surface area contributed by atoms with Crippen LogP contribution in [0.4, 0.5) is 5.69 Å². The standard InChI is InChI=1S/C20H17Br2NO3/c1-2-3-4-12-5-7-17(16(22)9-12)23-19(24)15-11-13-10-14(21)6-8-18(13)26-20(15)25/h5-11H,2-4H2,1H3,(H,23,24). The molecule has 3 aromatic rings. The average molecular weight is 479 g/mol. The Morgan fingerprint density at radius 2 is 1.92 bits per heavy atom. The zero-order valence-electron chi connectivity index (χ0n) is 14.1. The number of nitrogens with one attached hydrogen (secondary N) is 1. The highest BCUT2D eigenvalue weighted by atomic mass is 79.9. The summed E-state index contributed by atoms with van der Waals surface area (Å²) in [7, 11) is 0. The second-order valence-corrected chi connectivity index (χ2v) is 7.77. The van der Waals surface area contributed by atoms with E-state index in [-0.39, 0.29) is 5.56 Å². The van der Waals surface area contributed by atoms with E-state index in [9.17, 15) is 9.59 Å². The third kappa shape index (κ3) is 4.24. The zero-order chi connectivity index (χ0) is 18.7. The van der Waals surface area contributed by atoms with Crippen LogP contribution in [0.2, 0.25) is 0 Å². The van der Waals surface area contributed by atoms with Gasteiger partial charge in [0.1, 0.15) is 11.1 Å². The summed E-state index contributed by atoms with van der Waals surface area (Å²) in [5.74, 6) is -0.498. The van der Waals surface area contributed by atoms with Gasteiger partial charge >= 0.3 is 5.63 Å². The molecule has 0 radical (unpaired) electrons. The Morgan fingerprint density at radius 1 is 1.12 bits per heavy atom. The third-order valence-electron chi connectivity index (χ3n) is 4.04. The Kier molecular flexibility index (Phi) is 5.94. The van der Waals surface area contributed by atoms with Crippen LogP contribution in [0.5, 0.6) is 0 Å². The first-order valence-corrected chi connectivity index (χ1v) is 9.89. The van der Waals surface area contributed by atoms with Crippen LogP contribution in [0, 0.1) is 0 Å². The normalized spacial score (nSPS) is 10.9. The molecule has 0 saturated heterocycles. The number of anilines is 1. The van der Waals surface area contributed by atoms with Crippen molar-refractivity contribution in [1.29, 1.82) is 0 Å². The number of benzene rings is 2. The van der Waals surface area contributed by atoms with E-state index in [2.05, 4.69) is 44.1 Å². The number of aryl methyl sites for hydroxylation is 1. The van der Waals surface area contributed by atoms with Gasteiger partial charge in [-0.3, -0.25) is 4.79 Å². The van der Waals surface area contributed by atoms with Crippen LogP contribution in [0.1, 0.15) is 35.7 Å². The summed E-state index contributed by atoms with van der Waals surface area (Å²) in [6, 6.07) is 12.6. The van der Waals surface area contributed by atoms with E-state index in [1.807, 2.05) is 18.2 Å². The molecular weight excluding hydrogens is 462 g/mol. The lowest BCUT2D eigenvalue weighted by Gasteiger charge is -2.09. The first-order valence-electron chi connectivity index (χ1n) is 8.31. The summed E-state index contributed by atoms with van der Waals surface area (Å²) in [4.78, 5) is 24.7. The fraction of sp³-hybridized carbons (Fsp3) is 0.200. The number of hydrogen-bond acceptors (Lipinski definition) is 3. The Morgan fingerprint density at radius 3 is 2.65 bits per heavy atom. The number of fused-ring (bicyclic) bond motifs is 1. The van der Waals surface area contributed by atoms with Crippen LogP contribution in [0.25, 0.3) is 11.0 Å². The summed E-state index contributed by atoms with van der Waals surface area (Å²) in [6.45, 7) is 2.15. The summed E-state index contributed by atoms with van der Waals surface area (Å²) in [6.07, 6.45) is 3.24. The van der Waals surface area contributed by atoms with Gasteiger partial charge in [-0.15, -0.1) is 0 Å². The lowest BCUT2D eigenvalue weighted by atomic mass is 10.1. The zero-order valence-corrected chi connectivity index (χ0v) is 17.3. The second-order valence-electron chi connectivity index (χ2n) is 6.00. The minimum absolute atomic E-state index is 0.0300. The summed E-state index contributed by atoms with van der Waals surface area (Å²) >= 11 is 6.86. The van der Waals surface area contributed by atoms with Gasteiger partial charge in [0.25, 0.3) is 5.91 Å². The maximum atomic E-state index is 12.6. The summed E-state index contributed by atoms with van der Waals surface area (Å²) in [5.41, 5.74) is 1.57. The van der Waals surface area contributed by atoms with Crippen LogP contribution in [-0.4, -0.2) is 5.91 Å². The molecule has 0 aliphatic rings. The van der Waals surface area contributed by atoms with E-state index in [4.69, 9.17) is 4.42 Å². The highest BCUT2D eigenvalue weighted by molar-refractivity contribution is 9.10. The van der Waals surface area contributed by atoms with E-state index in [0.29, 0.717) is 16.7 Å². The molecule has 1 aromatic heterocycles. The van der Waals surface area contributed by atoms with Gasteiger partial charge in [-0.1, -0.05) is 35.3 Å². The van der Waals surface area contributed by atoms with Crippen molar-refractivity contribution in [2.24, 2.45) is 0 Å². The van der Waals surface area contributed by atoms with Gasteiger partial charge < -0.3 is 9.73 Å². The van der Waals surface area contributed by atoms with Crippen LogP contribution < -0.4 is 10.9 Å². The van der Waals surface area contributed by atoms with E-state index >= 15 is 0 Å². The highest BCUT2D eigenvalue weighted by Crippen LogP contribution is 2.25. The van der Waals surface area contributed by atoms with Crippen LogP contribution in [-0.2, 0) is 6.42 Å². The molecule has 1 N–H and O–H groups in total. The first-order chi connectivity index (χ1) is 12.5. The molecule has 0 unspecified atom stereocenters. The molecule has 3 rings (SSSR count). The molecule has 0 atom stereocenters. The van der Waals surface area contributed by atoms with Crippen molar-refractivity contribution in [2.75, 3.05) is 5.32 Å². The van der Waals surface area contributed by atoms with Gasteiger partial charge in [0.2, 0.25) is 0 Å². The van der Waals surface area contributed by atoms with Crippen LogP contribution in [0.15, 0.2) is 60.6 Å². The molecular formula is C20H17Br2NO3. The van der Waals surface area contributed by atoms with Gasteiger partial charge in [0.05, 0.1) is 5.69 Å². The van der Waals surface area contributed by atoms with E-state index < -0.39 is 11.5 Å². The summed E-state index contributed by atoms with van der Waals surface area (Å²) in [5, 5.41) is 3.45. The molecule has 0 spiro atoms. The maximum Gasteiger partial charge on any atom is 0.349 e. The number of rotatable bonds is 5. The fourth-order valence-corrected chi connectivity index (χ4v) is 3.54. The minimum Gasteiger partial charge on any atom is -0.422 e. The molecule has 134 valence electrons. The number of carbonyl (C=O) groups is 1. The van der Waals surface area contributed by atoms with Crippen molar-refractivity contribution in [3.63, 3.8) is 0 Å². The maximum absolute atomic E-state index is 12.6. The molecule has 0 fully saturated rings. The monoisotopic (exact) mass is 477 g/mol. The van der Waals surface area contributed by atoms with Gasteiger partial charge in [-0.25, -0.2) is 4.79 Å². The molecule has 1 amide bonds. The van der Waals surface area contributed by atoms with Crippen molar-refractivity contribution in [2.45, 2.75) is 26.2 Å². The Balaban J connectivity index is 1.87. The number of amides is 1. The lowest BCUT2D eigenvalue weighted by molar-refractivity contribution is 0.102. The largest absolute Gasteiger partial charge is 0.422 e. The molecule has 0 saturated carbocycles. The van der Waals surface area contributed by atoms with Gasteiger partial charge in [0, 0.05) is 14.3 Å². The average Bonchev–Trinajstić information content (AvgIpc) is 2.61. The first kappa shape index (κ1) is 18.9. The van der Waals surface area contributed by atoms with Crippen molar-refractivity contribution in [1.82, 2.24) is 0 Å². The Labute approximate surface area is 167 Å². The highest BCUT2D eigenvalue weighted by Gasteiger charge is 2.15. The number of hydrogen-bond donors (Lipinski definition) is 1. The molecule has 6 heteroatoms. The molecule has 0 bridgehead atoms. The predicted octanol–water partition coefficient (Wildman–Crippen LogP) is 5.91. The summed E-state index contributed by atoms with van der Waals surface area (Å²) < 4.78 is 6.88. The topological polar surface area (TPSA) is 59.3 Å². The Hall–Kier alpha value is -1.92. The van der Waals surface area contributed by atoms with Crippen LogP contribution in [0.3, 0.4) is 0 Å². The minimum atomic E-state index is -0.659. The molecule has 1 heterocycles. The quantitative estimate of drug-likeness (QED) is 0.463. The molecule has 4 nitrogen and oxygen atoms in total. The number of carbonyl (C=O) groups excluding carboxylic acids is 1. The molecule has 26 heavy (non-hydrogen) atoms. The van der Waals surface area contributed by atoms with Crippen molar-refractivity contribution in [3.05, 3.63) is 73.0 Å². The van der Waals surface area contributed by atoms with Gasteiger partial charge in [-0.2, -0.15) is 0 Å². The number of unbranched alkanes of at least 4 members (excludes halogenated alkanes) is 1. The SMILES string of the molecule is CCCCc1ccc(NC(=O)c2cc3cc(Br)ccc3oc2=O)c(Br)c1. The molecule has 0 aliphatic heterocycles. The van der Waals surface area contributed by atoms with Crippen molar-refractivity contribution >= 4 is 54.4 Å². The third-order valence-corrected chi connectivity index (χ3v) is 5.19. The van der Waals surface area contributed by atoms with E-state index in [1.165, 1.54) is 5.56 Å². The number of halogens is 2. The van der Waals surface area contributed by atoms with Crippen molar-refractivity contribution in [3.8, 4) is 0 Å². The van der Waals surface area contributed by atoms with Crippen molar-refractivity contribution < 1.29 is 9.21 Å². The smallest absolute Gasteiger partial charge is 0.349 e. The van der Waals surface area contributed by atoms with Gasteiger partial charge in [-0.05, 0) is 70.7 Å². The lowest BCUT2D eigenvalue weighted by Crippen LogP contribution is -2.20. The van der Waals surface area contributed by atoms with Crippen LogP contribution >= 0.6 is 31.9 Å². The molecule has 0 aliphatic carbocycles. The molecule has 2 aromatic carbocycles. The van der Waals surface area contributed by atoms with E-state index in [0.717, 1.165) is 28.2 Å². The second kappa shape index (κ2) is 8.18. The van der Waals surface area contributed by atoms with E-state index in [1.54, 1.807) is 24.3 Å². The fourth-order valence-electron chi connectivity index (χ4n) is 2.64. The Bertz CT molecular complexity index is 1030. The predicted molar refractivity (Wildman–Crippen MR) is 111 cm³/mol. The van der Waals surface area contributed by atoms with Gasteiger partial charge in [0.15, 0.2) is 0 Å².